The van der Waals surface area contributed by atoms with Gasteiger partial charge in [-0.1, -0.05) is 23.2 Å². The molecule has 7 heteroatoms. The van der Waals surface area contributed by atoms with Gasteiger partial charge in [0.2, 0.25) is 5.91 Å². The molecule has 0 atom stereocenters. The van der Waals surface area contributed by atoms with Gasteiger partial charge >= 0.3 is 0 Å². The van der Waals surface area contributed by atoms with Crippen LogP contribution in [0.4, 0.5) is 0 Å². The number of rotatable bonds is 8. The van der Waals surface area contributed by atoms with Gasteiger partial charge in [-0.05, 0) is 49.2 Å². The van der Waals surface area contributed by atoms with E-state index in [4.69, 9.17) is 27.9 Å². The van der Waals surface area contributed by atoms with Gasteiger partial charge in [0.25, 0.3) is 0 Å². The predicted molar refractivity (Wildman–Crippen MR) is 108 cm³/mol. The zero-order valence-corrected chi connectivity index (χ0v) is 16.6. The summed E-state index contributed by atoms with van der Waals surface area (Å²) in [5, 5.41) is 3.95. The summed E-state index contributed by atoms with van der Waals surface area (Å²) in [6, 6.07) is 9.15. The highest BCUT2D eigenvalue weighted by Crippen LogP contribution is 2.27. The molecule has 0 aliphatic carbocycles. The highest BCUT2D eigenvalue weighted by Gasteiger charge is 2.06. The number of hydrogen-bond acceptors (Lipinski definition) is 3. The number of halogens is 2. The molecule has 5 nitrogen and oxygen atoms in total. The fourth-order valence-electron chi connectivity index (χ4n) is 2.68. The van der Waals surface area contributed by atoms with Crippen molar-refractivity contribution in [2.24, 2.45) is 0 Å². The van der Waals surface area contributed by atoms with Crippen molar-refractivity contribution in [3.63, 3.8) is 0 Å². The molecule has 142 valence electrons. The lowest BCUT2D eigenvalue weighted by atomic mass is 10.3. The number of benzene rings is 1. The number of imidazole rings is 1. The summed E-state index contributed by atoms with van der Waals surface area (Å²) in [4.78, 5) is 16.5. The van der Waals surface area contributed by atoms with Gasteiger partial charge in [0.05, 0.1) is 17.3 Å². The summed E-state index contributed by atoms with van der Waals surface area (Å²) in [6.45, 7) is 3.02. The van der Waals surface area contributed by atoms with E-state index >= 15 is 0 Å². The van der Waals surface area contributed by atoms with E-state index in [0.717, 1.165) is 11.3 Å². The van der Waals surface area contributed by atoms with Gasteiger partial charge in [-0.25, -0.2) is 4.98 Å². The van der Waals surface area contributed by atoms with Crippen molar-refractivity contribution in [3.05, 3.63) is 64.0 Å². The first kappa shape index (κ1) is 19.5. The maximum atomic E-state index is 11.9. The molecule has 2 heterocycles. The zero-order valence-electron chi connectivity index (χ0n) is 15.0. The van der Waals surface area contributed by atoms with E-state index in [1.54, 1.807) is 18.2 Å². The third-order valence-electron chi connectivity index (χ3n) is 4.07. The Morgan fingerprint density at radius 3 is 2.93 bits per heavy atom. The molecule has 0 radical (unpaired) electrons. The Kier molecular flexibility index (Phi) is 6.58. The van der Waals surface area contributed by atoms with Gasteiger partial charge in [-0.3, -0.25) is 4.79 Å². The molecule has 0 aliphatic heterocycles. The van der Waals surface area contributed by atoms with Crippen LogP contribution in [0, 0.1) is 6.92 Å². The molecule has 1 N–H and O–H groups in total. The van der Waals surface area contributed by atoms with Crippen LogP contribution >= 0.6 is 23.2 Å². The Morgan fingerprint density at radius 2 is 2.11 bits per heavy atom. The van der Waals surface area contributed by atoms with Gasteiger partial charge in [0.1, 0.15) is 11.4 Å². The first-order valence-electron chi connectivity index (χ1n) is 8.80. The van der Waals surface area contributed by atoms with E-state index in [9.17, 15) is 4.79 Å². The minimum Gasteiger partial charge on any atom is -0.492 e. The summed E-state index contributed by atoms with van der Waals surface area (Å²) in [5.74, 6) is 0.573. The van der Waals surface area contributed by atoms with Crippen molar-refractivity contribution in [3.8, 4) is 5.75 Å². The van der Waals surface area contributed by atoms with E-state index in [1.807, 2.05) is 35.9 Å². The Bertz CT molecular complexity index is 940. The van der Waals surface area contributed by atoms with Crippen LogP contribution < -0.4 is 10.1 Å². The van der Waals surface area contributed by atoms with Gasteiger partial charge in [0.15, 0.2) is 0 Å². The first-order valence-corrected chi connectivity index (χ1v) is 9.55. The van der Waals surface area contributed by atoms with E-state index < -0.39 is 0 Å². The Hall–Kier alpha value is -2.24. The number of carbonyl (C=O) groups excluding carboxylic acids is 1. The van der Waals surface area contributed by atoms with Crippen molar-refractivity contribution in [1.82, 2.24) is 14.7 Å². The maximum Gasteiger partial charge on any atom is 0.220 e. The summed E-state index contributed by atoms with van der Waals surface area (Å²) in [6.07, 6.45) is 5.69. The number of nitrogens with zero attached hydrogens (tertiary/aromatic N) is 2. The fraction of sp³-hybridized carbons (Fsp3) is 0.300. The van der Waals surface area contributed by atoms with Crippen LogP contribution in [0.5, 0.6) is 5.75 Å². The molecule has 0 saturated carbocycles. The van der Waals surface area contributed by atoms with E-state index in [1.165, 1.54) is 5.56 Å². The largest absolute Gasteiger partial charge is 0.492 e. The molecular weight excluding hydrogens is 385 g/mol. The number of fused-ring (bicyclic) bond motifs is 1. The topological polar surface area (TPSA) is 55.6 Å². The molecule has 3 rings (SSSR count). The molecule has 27 heavy (non-hydrogen) atoms. The van der Waals surface area contributed by atoms with E-state index in [-0.39, 0.29) is 5.91 Å². The average Bonchev–Trinajstić information content (AvgIpc) is 3.02. The highest BCUT2D eigenvalue weighted by atomic mass is 35.5. The first-order chi connectivity index (χ1) is 13.0. The van der Waals surface area contributed by atoms with Gasteiger partial charge in [0, 0.05) is 36.8 Å². The van der Waals surface area contributed by atoms with Crippen LogP contribution in [-0.2, 0) is 11.2 Å². The number of amides is 1. The van der Waals surface area contributed by atoms with Crippen LogP contribution in [0.1, 0.15) is 24.1 Å². The van der Waals surface area contributed by atoms with E-state index in [2.05, 4.69) is 10.3 Å². The van der Waals surface area contributed by atoms with Crippen LogP contribution in [-0.4, -0.2) is 28.4 Å². The fourth-order valence-corrected chi connectivity index (χ4v) is 3.15. The van der Waals surface area contributed by atoms with Gasteiger partial charge in [-0.2, -0.15) is 0 Å². The SMILES string of the molecule is Cc1ccn2cc(CCNC(=O)CCCOc3ccc(Cl)cc3Cl)nc2c1. The van der Waals surface area contributed by atoms with Crippen LogP contribution in [0.2, 0.25) is 10.0 Å². The molecule has 0 fully saturated rings. The van der Waals surface area contributed by atoms with Crippen molar-refractivity contribution >= 4 is 34.8 Å². The molecular formula is C20H21Cl2N3O2. The monoisotopic (exact) mass is 405 g/mol. The van der Waals surface area contributed by atoms with E-state index in [0.29, 0.717) is 48.2 Å². The number of aromatic nitrogens is 2. The Balaban J connectivity index is 1.35. The number of ether oxygens (including phenoxy) is 1. The summed E-state index contributed by atoms with van der Waals surface area (Å²) >= 11 is 11.9. The summed E-state index contributed by atoms with van der Waals surface area (Å²) in [7, 11) is 0. The van der Waals surface area contributed by atoms with Crippen molar-refractivity contribution in [2.75, 3.05) is 13.2 Å². The molecule has 1 aromatic carbocycles. The second-order valence-corrected chi connectivity index (χ2v) is 7.17. The molecule has 3 aromatic rings. The molecule has 0 bridgehead atoms. The average molecular weight is 406 g/mol. The maximum absolute atomic E-state index is 11.9. The minimum absolute atomic E-state index is 0.000381. The van der Waals surface area contributed by atoms with Crippen LogP contribution in [0.15, 0.2) is 42.7 Å². The number of nitrogens with one attached hydrogen (secondary N) is 1. The van der Waals surface area contributed by atoms with Gasteiger partial charge < -0.3 is 14.5 Å². The lowest BCUT2D eigenvalue weighted by Crippen LogP contribution is -2.25. The van der Waals surface area contributed by atoms with Crippen LogP contribution in [0.3, 0.4) is 0 Å². The molecule has 0 aliphatic rings. The van der Waals surface area contributed by atoms with Crippen molar-refractivity contribution in [1.29, 1.82) is 0 Å². The number of carbonyl (C=O) groups is 1. The molecule has 0 spiro atoms. The second-order valence-electron chi connectivity index (χ2n) is 6.33. The van der Waals surface area contributed by atoms with Crippen molar-refractivity contribution in [2.45, 2.75) is 26.2 Å². The number of aryl methyl sites for hydroxylation is 1. The van der Waals surface area contributed by atoms with Crippen LogP contribution in [0.25, 0.3) is 5.65 Å². The second kappa shape index (κ2) is 9.11. The Morgan fingerprint density at radius 1 is 1.26 bits per heavy atom. The zero-order chi connectivity index (χ0) is 19.2. The smallest absolute Gasteiger partial charge is 0.220 e. The standard InChI is InChI=1S/C20H21Cl2N3O2/c1-14-7-9-25-13-16(24-19(25)11-14)6-8-23-20(26)3-2-10-27-18-5-4-15(21)12-17(18)22/h4-5,7,9,11-13H,2-3,6,8,10H2,1H3,(H,23,26). The quantitative estimate of drug-likeness (QED) is 0.562. The molecule has 0 saturated heterocycles. The summed E-state index contributed by atoms with van der Waals surface area (Å²) < 4.78 is 7.57. The lowest BCUT2D eigenvalue weighted by molar-refractivity contribution is -0.121. The van der Waals surface area contributed by atoms with Gasteiger partial charge in [-0.15, -0.1) is 0 Å². The Labute approximate surface area is 168 Å². The molecule has 0 unspecified atom stereocenters. The summed E-state index contributed by atoms with van der Waals surface area (Å²) in [5.41, 5.74) is 3.06. The predicted octanol–water partition coefficient (Wildman–Crippen LogP) is 4.47. The molecule has 2 aromatic heterocycles. The normalized spacial score (nSPS) is 10.9. The molecule has 1 amide bonds. The number of hydrogen-bond donors (Lipinski definition) is 1. The lowest BCUT2D eigenvalue weighted by Gasteiger charge is -2.08. The van der Waals surface area contributed by atoms with Crippen molar-refractivity contribution < 1.29 is 9.53 Å². The third kappa shape index (κ3) is 5.62. The third-order valence-corrected chi connectivity index (χ3v) is 4.60. The minimum atomic E-state index is 0.000381. The number of pyridine rings is 1. The highest BCUT2D eigenvalue weighted by molar-refractivity contribution is 6.35.